The second-order valence-electron chi connectivity index (χ2n) is 8.80. The van der Waals surface area contributed by atoms with Crippen LogP contribution in [-0.2, 0) is 22.3 Å². The molecule has 2 aliphatic rings. The number of thioether (sulfide) groups is 1. The maximum Gasteiger partial charge on any atom is 0.158 e. The van der Waals surface area contributed by atoms with Gasteiger partial charge in [0.05, 0.1) is 18.8 Å². The van der Waals surface area contributed by atoms with E-state index < -0.39 is 0 Å². The van der Waals surface area contributed by atoms with E-state index >= 15 is 0 Å². The number of fused-ring (bicyclic) bond motifs is 1. The van der Waals surface area contributed by atoms with Gasteiger partial charge in [-0.15, -0.1) is 23.1 Å². The van der Waals surface area contributed by atoms with E-state index in [0.717, 1.165) is 47.6 Å². The first-order chi connectivity index (χ1) is 14.0. The molecule has 3 heterocycles. The van der Waals surface area contributed by atoms with Crippen molar-refractivity contribution in [1.82, 2.24) is 4.98 Å². The lowest BCUT2D eigenvalue weighted by Crippen LogP contribution is -2.28. The molecule has 1 unspecified atom stereocenters. The molecule has 1 saturated heterocycles. The molecule has 2 aromatic heterocycles. The van der Waals surface area contributed by atoms with Crippen LogP contribution < -0.4 is 0 Å². The molecule has 0 spiro atoms. The first kappa shape index (κ1) is 20.9. The van der Waals surface area contributed by atoms with E-state index in [-0.39, 0.29) is 11.7 Å². The zero-order valence-corrected chi connectivity index (χ0v) is 19.0. The van der Waals surface area contributed by atoms with Crippen molar-refractivity contribution in [1.29, 1.82) is 5.26 Å². The SMILES string of the molecule is CC(C)(C)C1CCc2nc(SCCC3OCCO3)c(C#N)c(-c3cccs3)c2C1. The van der Waals surface area contributed by atoms with E-state index in [9.17, 15) is 5.26 Å². The van der Waals surface area contributed by atoms with Crippen molar-refractivity contribution in [3.63, 3.8) is 0 Å². The van der Waals surface area contributed by atoms with Gasteiger partial charge in [0.15, 0.2) is 6.29 Å². The smallest absolute Gasteiger partial charge is 0.158 e. The molecule has 0 aromatic carbocycles. The maximum atomic E-state index is 10.1. The van der Waals surface area contributed by atoms with E-state index in [2.05, 4.69) is 44.4 Å². The Labute approximate surface area is 181 Å². The summed E-state index contributed by atoms with van der Waals surface area (Å²) in [6.07, 6.45) is 3.85. The van der Waals surface area contributed by atoms with Crippen LogP contribution in [0.5, 0.6) is 0 Å². The lowest BCUT2D eigenvalue weighted by atomic mass is 9.70. The minimum absolute atomic E-state index is 0.116. The molecule has 29 heavy (non-hydrogen) atoms. The Morgan fingerprint density at radius 1 is 1.31 bits per heavy atom. The number of hydrogen-bond acceptors (Lipinski definition) is 6. The third-order valence-electron chi connectivity index (χ3n) is 5.92. The molecule has 2 aromatic rings. The second kappa shape index (κ2) is 8.77. The number of aryl methyl sites for hydroxylation is 1. The fraction of sp³-hybridized carbons (Fsp3) is 0.565. The monoisotopic (exact) mass is 428 g/mol. The van der Waals surface area contributed by atoms with Crippen molar-refractivity contribution in [3.05, 3.63) is 34.3 Å². The van der Waals surface area contributed by atoms with Gasteiger partial charge < -0.3 is 9.47 Å². The van der Waals surface area contributed by atoms with E-state index in [4.69, 9.17) is 14.5 Å². The van der Waals surface area contributed by atoms with Crippen LogP contribution in [0.25, 0.3) is 10.4 Å². The molecular formula is C23H28N2O2S2. The minimum atomic E-state index is -0.116. The van der Waals surface area contributed by atoms with Crippen molar-refractivity contribution in [2.24, 2.45) is 11.3 Å². The highest BCUT2D eigenvalue weighted by atomic mass is 32.2. The summed E-state index contributed by atoms with van der Waals surface area (Å²) in [5.74, 6) is 1.44. The van der Waals surface area contributed by atoms with Gasteiger partial charge in [-0.2, -0.15) is 5.26 Å². The van der Waals surface area contributed by atoms with E-state index in [1.54, 1.807) is 23.1 Å². The normalized spacial score (nSPS) is 19.9. The zero-order chi connectivity index (χ0) is 20.4. The summed E-state index contributed by atoms with van der Waals surface area (Å²) >= 11 is 3.37. The third-order valence-corrected chi connectivity index (χ3v) is 7.81. The summed E-state index contributed by atoms with van der Waals surface area (Å²) in [4.78, 5) is 6.18. The molecule has 1 fully saturated rings. The van der Waals surface area contributed by atoms with Gasteiger partial charge >= 0.3 is 0 Å². The number of pyridine rings is 1. The van der Waals surface area contributed by atoms with Crippen LogP contribution in [0, 0.1) is 22.7 Å². The average Bonchev–Trinajstić information content (AvgIpc) is 3.40. The van der Waals surface area contributed by atoms with Crippen LogP contribution in [0.1, 0.15) is 50.4 Å². The minimum Gasteiger partial charge on any atom is -0.350 e. The standard InChI is InChI=1S/C23H28N2O2S2/c1-23(2,3)15-6-7-18-16(13-15)21(19-5-4-11-28-19)17(14-24)22(25-18)29-12-8-20-26-9-10-27-20/h4-5,11,15,20H,6-10,12-13H2,1-3H3. The van der Waals surface area contributed by atoms with Gasteiger partial charge in [0.25, 0.3) is 0 Å². The Morgan fingerprint density at radius 2 is 2.10 bits per heavy atom. The molecule has 0 saturated carbocycles. The molecule has 4 nitrogen and oxygen atoms in total. The predicted octanol–water partition coefficient (Wildman–Crippen LogP) is 5.69. The number of aromatic nitrogens is 1. The number of thiophene rings is 1. The van der Waals surface area contributed by atoms with Gasteiger partial charge in [0, 0.05) is 28.3 Å². The molecule has 0 bridgehead atoms. The summed E-state index contributed by atoms with van der Waals surface area (Å²) < 4.78 is 11.1. The highest BCUT2D eigenvalue weighted by Crippen LogP contribution is 2.44. The maximum absolute atomic E-state index is 10.1. The van der Waals surface area contributed by atoms with Gasteiger partial charge in [0.2, 0.25) is 0 Å². The number of hydrogen-bond donors (Lipinski definition) is 0. The van der Waals surface area contributed by atoms with Gasteiger partial charge in [-0.3, -0.25) is 0 Å². The van der Waals surface area contributed by atoms with Crippen LogP contribution >= 0.6 is 23.1 Å². The van der Waals surface area contributed by atoms with Crippen molar-refractivity contribution in [2.45, 2.75) is 57.8 Å². The van der Waals surface area contributed by atoms with Crippen molar-refractivity contribution >= 4 is 23.1 Å². The number of ether oxygens (including phenoxy) is 2. The molecule has 1 aliphatic heterocycles. The first-order valence-electron chi connectivity index (χ1n) is 10.3. The summed E-state index contributed by atoms with van der Waals surface area (Å²) in [7, 11) is 0. The largest absolute Gasteiger partial charge is 0.350 e. The molecule has 6 heteroatoms. The van der Waals surface area contributed by atoms with Crippen LogP contribution in [-0.4, -0.2) is 30.2 Å². The highest BCUT2D eigenvalue weighted by molar-refractivity contribution is 7.99. The number of rotatable bonds is 5. The van der Waals surface area contributed by atoms with Crippen molar-refractivity contribution in [2.75, 3.05) is 19.0 Å². The Bertz CT molecular complexity index is 891. The molecule has 1 aliphatic carbocycles. The molecule has 0 N–H and O–H groups in total. The zero-order valence-electron chi connectivity index (χ0n) is 17.4. The topological polar surface area (TPSA) is 55.1 Å². The molecular weight excluding hydrogens is 400 g/mol. The number of nitriles is 1. The van der Waals surface area contributed by atoms with Crippen molar-refractivity contribution < 1.29 is 9.47 Å². The van der Waals surface area contributed by atoms with Crippen LogP contribution in [0.2, 0.25) is 0 Å². The number of nitrogens with zero attached hydrogens (tertiary/aromatic N) is 2. The highest BCUT2D eigenvalue weighted by Gasteiger charge is 2.33. The summed E-state index contributed by atoms with van der Waals surface area (Å²) in [6, 6.07) is 6.70. The van der Waals surface area contributed by atoms with E-state index in [0.29, 0.717) is 19.1 Å². The summed E-state index contributed by atoms with van der Waals surface area (Å²) in [5, 5.41) is 13.0. The van der Waals surface area contributed by atoms with E-state index in [1.165, 1.54) is 16.1 Å². The molecule has 0 radical (unpaired) electrons. The van der Waals surface area contributed by atoms with Gasteiger partial charge in [-0.25, -0.2) is 4.98 Å². The lowest BCUT2D eigenvalue weighted by Gasteiger charge is -2.35. The Hall–Kier alpha value is -1.39. The average molecular weight is 429 g/mol. The fourth-order valence-corrected chi connectivity index (χ4v) is 5.97. The summed E-state index contributed by atoms with van der Waals surface area (Å²) in [5.41, 5.74) is 4.59. The van der Waals surface area contributed by atoms with Crippen LogP contribution in [0.3, 0.4) is 0 Å². The fourth-order valence-electron chi connectivity index (χ4n) is 4.20. The summed E-state index contributed by atoms with van der Waals surface area (Å²) in [6.45, 7) is 8.32. The lowest BCUT2D eigenvalue weighted by molar-refractivity contribution is -0.0421. The third kappa shape index (κ3) is 4.54. The molecule has 0 amide bonds. The second-order valence-corrected chi connectivity index (χ2v) is 10.8. The first-order valence-corrected chi connectivity index (χ1v) is 12.2. The molecule has 1 atom stereocenters. The van der Waals surface area contributed by atoms with Gasteiger partial charge in [-0.05, 0) is 47.6 Å². The Balaban J connectivity index is 1.69. The van der Waals surface area contributed by atoms with Gasteiger partial charge in [0.1, 0.15) is 11.1 Å². The van der Waals surface area contributed by atoms with Crippen molar-refractivity contribution in [3.8, 4) is 16.5 Å². The van der Waals surface area contributed by atoms with Gasteiger partial charge in [-0.1, -0.05) is 26.8 Å². The predicted molar refractivity (Wildman–Crippen MR) is 118 cm³/mol. The Kier molecular flexibility index (Phi) is 6.31. The molecule has 4 rings (SSSR count). The Morgan fingerprint density at radius 3 is 2.76 bits per heavy atom. The van der Waals surface area contributed by atoms with Crippen LogP contribution in [0.15, 0.2) is 22.5 Å². The quantitative estimate of drug-likeness (QED) is 0.573. The molecule has 154 valence electrons. The van der Waals surface area contributed by atoms with E-state index in [1.807, 2.05) is 0 Å². The van der Waals surface area contributed by atoms with Crippen LogP contribution in [0.4, 0.5) is 0 Å².